The molecule has 2 aromatic carbocycles. The molecule has 0 bridgehead atoms. The predicted octanol–water partition coefficient (Wildman–Crippen LogP) is 2.79. The third-order valence-electron chi connectivity index (χ3n) is 2.33. The zero-order chi connectivity index (χ0) is 11.5. The smallest absolute Gasteiger partial charge is 0.195 e. The van der Waals surface area contributed by atoms with E-state index in [4.69, 9.17) is 9.29 Å². The van der Waals surface area contributed by atoms with Crippen LogP contribution in [0.2, 0.25) is 0 Å². The molecule has 4 heteroatoms. The van der Waals surface area contributed by atoms with Crippen molar-refractivity contribution >= 4 is 21.9 Å². The lowest BCUT2D eigenvalue weighted by molar-refractivity contribution is 0.292. The second kappa shape index (κ2) is 4.63. The maximum atomic E-state index is 10.8. The monoisotopic (exact) mass is 236 g/mol. The van der Waals surface area contributed by atoms with Gasteiger partial charge in [-0.1, -0.05) is 36.4 Å². The number of rotatable bonds is 3. The third kappa shape index (κ3) is 2.23. The van der Waals surface area contributed by atoms with Gasteiger partial charge in [-0.3, -0.25) is 0 Å². The van der Waals surface area contributed by atoms with E-state index in [0.29, 0.717) is 5.75 Å². The van der Waals surface area contributed by atoms with Crippen LogP contribution in [0.3, 0.4) is 0 Å². The lowest BCUT2D eigenvalue weighted by Gasteiger charge is -2.12. The minimum absolute atomic E-state index is 0.632. The quantitative estimate of drug-likeness (QED) is 0.833. The van der Waals surface area contributed by atoms with Crippen LogP contribution in [0.4, 0.5) is 0 Å². The molecule has 3 nitrogen and oxygen atoms in total. The molecule has 2 unspecified atom stereocenters. The molecular formula is C12H12O3S. The fraction of sp³-hybridized carbons (Fsp3) is 0.167. The molecule has 0 aromatic heterocycles. The predicted molar refractivity (Wildman–Crippen MR) is 64.8 cm³/mol. The van der Waals surface area contributed by atoms with Gasteiger partial charge in [0.15, 0.2) is 16.5 Å². The van der Waals surface area contributed by atoms with Crippen molar-refractivity contribution in [3.05, 3.63) is 42.5 Å². The van der Waals surface area contributed by atoms with Crippen LogP contribution in [-0.2, 0) is 11.1 Å². The van der Waals surface area contributed by atoms with Crippen LogP contribution < -0.4 is 4.74 Å². The Kier molecular flexibility index (Phi) is 3.22. The van der Waals surface area contributed by atoms with Gasteiger partial charge < -0.3 is 9.29 Å². The van der Waals surface area contributed by atoms with Gasteiger partial charge in [0.2, 0.25) is 0 Å². The standard InChI is InChI=1S/C12H12O3S/c1-9(16(13)14)15-12-8-4-6-10-5-2-3-7-11(10)12/h2-9H,1H3,(H,13,14). The van der Waals surface area contributed by atoms with Gasteiger partial charge in [-0.15, -0.1) is 0 Å². The molecule has 0 aliphatic heterocycles. The lowest BCUT2D eigenvalue weighted by atomic mass is 10.1. The van der Waals surface area contributed by atoms with E-state index < -0.39 is 16.5 Å². The summed E-state index contributed by atoms with van der Waals surface area (Å²) >= 11 is -1.98. The second-order valence-electron chi connectivity index (χ2n) is 3.44. The van der Waals surface area contributed by atoms with E-state index in [1.807, 2.05) is 36.4 Å². The molecule has 0 aliphatic carbocycles. The third-order valence-corrected chi connectivity index (χ3v) is 2.99. The summed E-state index contributed by atoms with van der Waals surface area (Å²) in [6.07, 6.45) is 0. The molecule has 2 atom stereocenters. The maximum Gasteiger partial charge on any atom is 0.195 e. The molecule has 0 fully saturated rings. The van der Waals surface area contributed by atoms with Gasteiger partial charge in [-0.05, 0) is 18.4 Å². The molecule has 2 aromatic rings. The zero-order valence-corrected chi connectivity index (χ0v) is 9.61. The van der Waals surface area contributed by atoms with Crippen LogP contribution in [-0.4, -0.2) is 14.2 Å². The van der Waals surface area contributed by atoms with E-state index >= 15 is 0 Å². The van der Waals surface area contributed by atoms with Gasteiger partial charge in [-0.2, -0.15) is 0 Å². The highest BCUT2D eigenvalue weighted by atomic mass is 32.2. The average molecular weight is 236 g/mol. The first kappa shape index (κ1) is 11.1. The summed E-state index contributed by atoms with van der Waals surface area (Å²) in [6, 6.07) is 13.4. The summed E-state index contributed by atoms with van der Waals surface area (Å²) in [5, 5.41) is 2.00. The normalized spacial score (nSPS) is 14.6. The molecule has 0 radical (unpaired) electrons. The Hall–Kier alpha value is -1.39. The van der Waals surface area contributed by atoms with E-state index in [-0.39, 0.29) is 0 Å². The van der Waals surface area contributed by atoms with Crippen LogP contribution >= 0.6 is 0 Å². The van der Waals surface area contributed by atoms with Gasteiger partial charge in [0.1, 0.15) is 5.75 Å². The Morgan fingerprint density at radius 2 is 1.88 bits per heavy atom. The zero-order valence-electron chi connectivity index (χ0n) is 8.79. The van der Waals surface area contributed by atoms with Crippen molar-refractivity contribution < 1.29 is 13.5 Å². The van der Waals surface area contributed by atoms with Crippen LogP contribution in [0.1, 0.15) is 6.92 Å². The van der Waals surface area contributed by atoms with Crippen molar-refractivity contribution in [1.29, 1.82) is 0 Å². The molecule has 0 saturated heterocycles. The molecule has 0 aliphatic rings. The minimum Gasteiger partial charge on any atom is -0.474 e. The largest absolute Gasteiger partial charge is 0.474 e. The van der Waals surface area contributed by atoms with Crippen molar-refractivity contribution in [2.45, 2.75) is 12.4 Å². The Balaban J connectivity index is 2.41. The van der Waals surface area contributed by atoms with E-state index in [0.717, 1.165) is 10.8 Å². The van der Waals surface area contributed by atoms with E-state index in [1.54, 1.807) is 13.0 Å². The van der Waals surface area contributed by atoms with Crippen molar-refractivity contribution in [2.75, 3.05) is 0 Å². The topological polar surface area (TPSA) is 46.5 Å². The average Bonchev–Trinajstić information content (AvgIpc) is 2.29. The molecule has 2 rings (SSSR count). The molecule has 0 amide bonds. The Morgan fingerprint density at radius 3 is 2.62 bits per heavy atom. The number of fused-ring (bicyclic) bond motifs is 1. The first-order chi connectivity index (χ1) is 7.68. The Bertz CT molecular complexity index is 519. The van der Waals surface area contributed by atoms with Gasteiger partial charge in [0.05, 0.1) is 0 Å². The van der Waals surface area contributed by atoms with Crippen molar-refractivity contribution in [3.8, 4) is 5.75 Å². The molecular weight excluding hydrogens is 224 g/mol. The van der Waals surface area contributed by atoms with Crippen molar-refractivity contribution in [3.63, 3.8) is 0 Å². The fourth-order valence-electron chi connectivity index (χ4n) is 1.52. The molecule has 84 valence electrons. The number of ether oxygens (including phenoxy) is 1. The minimum atomic E-state index is -1.98. The highest BCUT2D eigenvalue weighted by Gasteiger charge is 2.11. The first-order valence-electron chi connectivity index (χ1n) is 4.92. The van der Waals surface area contributed by atoms with Gasteiger partial charge in [0, 0.05) is 5.39 Å². The number of hydrogen-bond acceptors (Lipinski definition) is 2. The SMILES string of the molecule is CC(Oc1cccc2ccccc12)S(=O)O. The summed E-state index contributed by atoms with van der Waals surface area (Å²) < 4.78 is 25.2. The van der Waals surface area contributed by atoms with Gasteiger partial charge in [-0.25, -0.2) is 4.21 Å². The summed E-state index contributed by atoms with van der Waals surface area (Å²) in [6.45, 7) is 1.57. The second-order valence-corrected chi connectivity index (χ2v) is 4.66. The van der Waals surface area contributed by atoms with Crippen LogP contribution in [0.15, 0.2) is 42.5 Å². The van der Waals surface area contributed by atoms with Crippen molar-refractivity contribution in [1.82, 2.24) is 0 Å². The summed E-state index contributed by atoms with van der Waals surface area (Å²) in [5.41, 5.74) is -0.731. The molecule has 1 N–H and O–H groups in total. The summed E-state index contributed by atoms with van der Waals surface area (Å²) in [7, 11) is 0. The van der Waals surface area contributed by atoms with Crippen LogP contribution in [0, 0.1) is 0 Å². The maximum absolute atomic E-state index is 10.8. The fourth-order valence-corrected chi connectivity index (χ4v) is 1.70. The molecule has 16 heavy (non-hydrogen) atoms. The van der Waals surface area contributed by atoms with E-state index in [1.165, 1.54) is 0 Å². The van der Waals surface area contributed by atoms with Gasteiger partial charge in [0.25, 0.3) is 0 Å². The van der Waals surface area contributed by atoms with E-state index in [9.17, 15) is 4.21 Å². The molecule has 0 spiro atoms. The lowest BCUT2D eigenvalue weighted by Crippen LogP contribution is -2.17. The molecule has 0 saturated carbocycles. The van der Waals surface area contributed by atoms with Crippen molar-refractivity contribution in [2.24, 2.45) is 0 Å². The highest BCUT2D eigenvalue weighted by Crippen LogP contribution is 2.26. The Morgan fingerprint density at radius 1 is 1.19 bits per heavy atom. The number of hydrogen-bond donors (Lipinski definition) is 1. The van der Waals surface area contributed by atoms with E-state index in [2.05, 4.69) is 0 Å². The Labute approximate surface area is 96.3 Å². The number of benzene rings is 2. The van der Waals surface area contributed by atoms with Crippen LogP contribution in [0.25, 0.3) is 10.8 Å². The molecule has 0 heterocycles. The summed E-state index contributed by atoms with van der Waals surface area (Å²) in [4.78, 5) is 0. The van der Waals surface area contributed by atoms with Crippen LogP contribution in [0.5, 0.6) is 5.75 Å². The van der Waals surface area contributed by atoms with Gasteiger partial charge >= 0.3 is 0 Å². The first-order valence-corrected chi connectivity index (χ1v) is 6.09. The summed E-state index contributed by atoms with van der Waals surface area (Å²) in [5.74, 6) is 0.632. The highest BCUT2D eigenvalue weighted by molar-refractivity contribution is 7.79.